The topological polar surface area (TPSA) is 37.4 Å². The molecule has 1 atom stereocenters. The lowest BCUT2D eigenvalue weighted by atomic mass is 9.88. The first-order valence-electron chi connectivity index (χ1n) is 9.31. The van der Waals surface area contributed by atoms with Crippen LogP contribution in [-0.4, -0.2) is 39.2 Å². The van der Waals surface area contributed by atoms with E-state index in [1.54, 1.807) is 24.3 Å². The van der Waals surface area contributed by atoms with E-state index in [2.05, 4.69) is 4.90 Å². The van der Waals surface area contributed by atoms with Gasteiger partial charge in [-0.1, -0.05) is 18.6 Å². The van der Waals surface area contributed by atoms with Gasteiger partial charge < -0.3 is 4.90 Å². The zero-order chi connectivity index (χ0) is 19.4. The zero-order valence-corrected chi connectivity index (χ0v) is 16.3. The van der Waals surface area contributed by atoms with Gasteiger partial charge in [0.1, 0.15) is 11.6 Å². The molecule has 1 aliphatic heterocycles. The molecule has 0 saturated carbocycles. The first-order chi connectivity index (χ1) is 12.8. The largest absolute Gasteiger partial charge is 0.303 e. The molecule has 0 bridgehead atoms. The van der Waals surface area contributed by atoms with E-state index in [0.29, 0.717) is 5.56 Å². The normalized spacial score (nSPS) is 17.0. The predicted octanol–water partition coefficient (Wildman–Crippen LogP) is 4.38. The first kappa shape index (κ1) is 20.0. The summed E-state index contributed by atoms with van der Waals surface area (Å²) in [5.74, 6) is -1.38. The van der Waals surface area contributed by atoms with Crippen molar-refractivity contribution in [2.75, 3.05) is 25.9 Å². The Morgan fingerprint density at radius 2 is 1.52 bits per heavy atom. The van der Waals surface area contributed by atoms with E-state index < -0.39 is 21.5 Å². The SMILES string of the molecule is CS(=O)(=O)c1ccc([C@@H](CCN2CCCCC2)c2cc(F)cc(F)c2)cc1. The molecule has 146 valence electrons. The highest BCUT2D eigenvalue weighted by atomic mass is 32.2. The van der Waals surface area contributed by atoms with Gasteiger partial charge in [-0.05, 0) is 74.3 Å². The molecule has 0 N–H and O–H groups in total. The van der Waals surface area contributed by atoms with E-state index in [4.69, 9.17) is 0 Å². The van der Waals surface area contributed by atoms with Crippen molar-refractivity contribution < 1.29 is 17.2 Å². The number of likely N-dealkylation sites (tertiary alicyclic amines) is 1. The summed E-state index contributed by atoms with van der Waals surface area (Å²) in [6.07, 6.45) is 5.51. The summed E-state index contributed by atoms with van der Waals surface area (Å²) < 4.78 is 51.0. The summed E-state index contributed by atoms with van der Waals surface area (Å²) in [7, 11) is -3.28. The summed E-state index contributed by atoms with van der Waals surface area (Å²) in [5.41, 5.74) is 1.45. The first-order valence-corrected chi connectivity index (χ1v) is 11.2. The third-order valence-electron chi connectivity index (χ3n) is 5.18. The van der Waals surface area contributed by atoms with Crippen LogP contribution in [0.5, 0.6) is 0 Å². The Morgan fingerprint density at radius 3 is 2.07 bits per heavy atom. The average molecular weight is 393 g/mol. The average Bonchev–Trinajstić information content (AvgIpc) is 2.62. The second kappa shape index (κ2) is 8.48. The van der Waals surface area contributed by atoms with Gasteiger partial charge in [0.05, 0.1) is 4.90 Å². The van der Waals surface area contributed by atoms with Crippen LogP contribution in [0, 0.1) is 11.6 Å². The Bertz CT molecular complexity index is 855. The molecule has 0 amide bonds. The number of benzene rings is 2. The van der Waals surface area contributed by atoms with Crippen LogP contribution in [0.25, 0.3) is 0 Å². The maximum absolute atomic E-state index is 13.8. The maximum atomic E-state index is 13.8. The molecule has 3 nitrogen and oxygen atoms in total. The molecule has 3 rings (SSSR count). The lowest BCUT2D eigenvalue weighted by Gasteiger charge is -2.28. The highest BCUT2D eigenvalue weighted by Crippen LogP contribution is 2.30. The minimum Gasteiger partial charge on any atom is -0.303 e. The van der Waals surface area contributed by atoms with Crippen LogP contribution >= 0.6 is 0 Å². The van der Waals surface area contributed by atoms with Crippen molar-refractivity contribution in [2.24, 2.45) is 0 Å². The highest BCUT2D eigenvalue weighted by molar-refractivity contribution is 7.90. The van der Waals surface area contributed by atoms with Crippen molar-refractivity contribution in [3.63, 3.8) is 0 Å². The second-order valence-corrected chi connectivity index (χ2v) is 9.30. The second-order valence-electron chi connectivity index (χ2n) is 7.29. The monoisotopic (exact) mass is 393 g/mol. The van der Waals surface area contributed by atoms with Crippen molar-refractivity contribution >= 4 is 9.84 Å². The van der Waals surface area contributed by atoms with Crippen LogP contribution in [0.4, 0.5) is 8.78 Å². The molecule has 0 aliphatic carbocycles. The van der Waals surface area contributed by atoms with Crippen molar-refractivity contribution in [1.82, 2.24) is 4.90 Å². The lowest BCUT2D eigenvalue weighted by Crippen LogP contribution is -2.31. The highest BCUT2D eigenvalue weighted by Gasteiger charge is 2.19. The van der Waals surface area contributed by atoms with Crippen LogP contribution in [-0.2, 0) is 9.84 Å². The minimum atomic E-state index is -3.28. The summed E-state index contributed by atoms with van der Waals surface area (Å²) in [6, 6.07) is 10.2. The van der Waals surface area contributed by atoms with E-state index in [9.17, 15) is 17.2 Å². The van der Waals surface area contributed by atoms with Gasteiger partial charge >= 0.3 is 0 Å². The maximum Gasteiger partial charge on any atom is 0.175 e. The molecule has 2 aromatic carbocycles. The van der Waals surface area contributed by atoms with Gasteiger partial charge in [0.2, 0.25) is 0 Å². The molecule has 0 radical (unpaired) electrons. The van der Waals surface area contributed by atoms with Crippen molar-refractivity contribution in [1.29, 1.82) is 0 Å². The van der Waals surface area contributed by atoms with Gasteiger partial charge in [-0.3, -0.25) is 0 Å². The Balaban J connectivity index is 1.88. The quantitative estimate of drug-likeness (QED) is 0.731. The molecule has 1 saturated heterocycles. The van der Waals surface area contributed by atoms with Gasteiger partial charge in [-0.15, -0.1) is 0 Å². The van der Waals surface area contributed by atoms with E-state index in [0.717, 1.165) is 43.9 Å². The Labute approximate surface area is 159 Å². The molecular formula is C21H25F2NO2S. The Kier molecular flexibility index (Phi) is 6.27. The van der Waals surface area contributed by atoms with Crippen LogP contribution in [0.3, 0.4) is 0 Å². The number of sulfone groups is 1. The molecule has 1 aliphatic rings. The van der Waals surface area contributed by atoms with Crippen molar-refractivity contribution in [3.8, 4) is 0 Å². The Hall–Kier alpha value is -1.79. The predicted molar refractivity (Wildman–Crippen MR) is 103 cm³/mol. The molecule has 1 heterocycles. The molecule has 2 aromatic rings. The number of rotatable bonds is 6. The molecule has 27 heavy (non-hydrogen) atoms. The fraction of sp³-hybridized carbons (Fsp3) is 0.429. The van der Waals surface area contributed by atoms with Crippen LogP contribution in [0.15, 0.2) is 47.4 Å². The van der Waals surface area contributed by atoms with Gasteiger partial charge in [0.25, 0.3) is 0 Å². The van der Waals surface area contributed by atoms with Crippen molar-refractivity contribution in [2.45, 2.75) is 36.5 Å². The summed E-state index contributed by atoms with van der Waals surface area (Å²) in [6.45, 7) is 2.95. The number of hydrogen-bond donors (Lipinski definition) is 0. The van der Waals surface area contributed by atoms with E-state index in [1.165, 1.54) is 31.4 Å². The van der Waals surface area contributed by atoms with Crippen LogP contribution < -0.4 is 0 Å². The molecule has 6 heteroatoms. The van der Waals surface area contributed by atoms with Crippen LogP contribution in [0.1, 0.15) is 42.7 Å². The third-order valence-corrected chi connectivity index (χ3v) is 6.31. The lowest BCUT2D eigenvalue weighted by molar-refractivity contribution is 0.223. The van der Waals surface area contributed by atoms with E-state index >= 15 is 0 Å². The Morgan fingerprint density at radius 1 is 0.926 bits per heavy atom. The van der Waals surface area contributed by atoms with Gasteiger partial charge in [0, 0.05) is 18.2 Å². The molecule has 1 fully saturated rings. The van der Waals surface area contributed by atoms with Gasteiger partial charge in [0.15, 0.2) is 9.84 Å². The standard InChI is InChI=1S/C21H25F2NO2S/c1-27(25,26)20-7-5-16(6-8-20)21(9-12-24-10-3-2-4-11-24)17-13-18(22)15-19(23)14-17/h5-8,13-15,21H,2-4,9-12H2,1H3/t21-/m1/s1. The number of hydrogen-bond acceptors (Lipinski definition) is 3. The zero-order valence-electron chi connectivity index (χ0n) is 15.5. The molecule has 0 aromatic heterocycles. The van der Waals surface area contributed by atoms with Gasteiger partial charge in [-0.25, -0.2) is 17.2 Å². The van der Waals surface area contributed by atoms with E-state index in [-0.39, 0.29) is 10.8 Å². The van der Waals surface area contributed by atoms with Crippen LogP contribution in [0.2, 0.25) is 0 Å². The van der Waals surface area contributed by atoms with E-state index in [1.807, 2.05) is 0 Å². The molecular weight excluding hydrogens is 368 g/mol. The fourth-order valence-electron chi connectivity index (χ4n) is 3.74. The fourth-order valence-corrected chi connectivity index (χ4v) is 4.37. The summed E-state index contributed by atoms with van der Waals surface area (Å²) >= 11 is 0. The summed E-state index contributed by atoms with van der Waals surface area (Å²) in [4.78, 5) is 2.63. The summed E-state index contributed by atoms with van der Waals surface area (Å²) in [5, 5.41) is 0. The van der Waals surface area contributed by atoms with Gasteiger partial charge in [-0.2, -0.15) is 0 Å². The molecule has 0 unspecified atom stereocenters. The smallest absolute Gasteiger partial charge is 0.175 e. The van der Waals surface area contributed by atoms with Crippen molar-refractivity contribution in [3.05, 3.63) is 65.2 Å². The molecule has 0 spiro atoms. The number of nitrogens with zero attached hydrogens (tertiary/aromatic N) is 1. The number of halogens is 2. The number of piperidine rings is 1. The minimum absolute atomic E-state index is 0.189. The third kappa shape index (κ3) is 5.36.